The van der Waals surface area contributed by atoms with Gasteiger partial charge >= 0.3 is 0 Å². The number of amides is 2. The van der Waals surface area contributed by atoms with E-state index in [1.807, 2.05) is 78.1 Å². The second-order valence-electron chi connectivity index (χ2n) is 12.5. The Balaban J connectivity index is 1.41. The summed E-state index contributed by atoms with van der Waals surface area (Å²) in [6.07, 6.45) is -2.62. The minimum Gasteiger partial charge on any atom is -0.388 e. The highest BCUT2D eigenvalue weighted by molar-refractivity contribution is 9.10. The van der Waals surface area contributed by atoms with Crippen molar-refractivity contribution in [2.24, 2.45) is 24.1 Å². The van der Waals surface area contributed by atoms with E-state index in [9.17, 15) is 19.8 Å². The number of aromatic nitrogens is 8. The molecule has 2 amide bonds. The number of aryl methyl sites for hydroxylation is 7. The molecule has 6 rings (SSSR count). The van der Waals surface area contributed by atoms with Crippen LogP contribution in [0.4, 0.5) is 0 Å². The van der Waals surface area contributed by atoms with Gasteiger partial charge in [-0.15, -0.1) is 0 Å². The molecule has 0 fully saturated rings. The van der Waals surface area contributed by atoms with Gasteiger partial charge in [0.25, 0.3) is 11.8 Å². The lowest BCUT2D eigenvalue weighted by Crippen LogP contribution is -2.40. The smallest absolute Gasteiger partial charge is 0.298 e. The first-order valence-electron chi connectivity index (χ1n) is 16.5. The number of nitrogens with zero attached hydrogens (tertiary/aromatic N) is 10. The molecule has 2 unspecified atom stereocenters. The van der Waals surface area contributed by atoms with Crippen molar-refractivity contribution >= 4 is 49.8 Å². The average Bonchev–Trinajstić information content (AvgIpc) is 3.80. The zero-order valence-corrected chi connectivity index (χ0v) is 30.7. The molecule has 2 N–H and O–H groups in total. The molecule has 50 heavy (non-hydrogen) atoms. The topological polar surface area (TPSA) is 155 Å². The molecule has 262 valence electrons. The molecule has 0 saturated heterocycles. The van der Waals surface area contributed by atoms with Crippen LogP contribution in [0.3, 0.4) is 0 Å². The number of aliphatic hydroxyl groups is 2. The van der Waals surface area contributed by atoms with Crippen LogP contribution in [0.1, 0.15) is 51.8 Å². The largest absolute Gasteiger partial charge is 0.388 e. The summed E-state index contributed by atoms with van der Waals surface area (Å²) >= 11 is 3.64. The molecule has 4 aromatic heterocycles. The first-order chi connectivity index (χ1) is 23.8. The Bertz CT molecular complexity index is 2420. The van der Waals surface area contributed by atoms with Gasteiger partial charge in [0.05, 0.1) is 58.8 Å². The van der Waals surface area contributed by atoms with Gasteiger partial charge in [0.15, 0.2) is 0 Å². The number of hydrogen-bond acceptors (Lipinski definition) is 6. The summed E-state index contributed by atoms with van der Waals surface area (Å²) in [6, 6.07) is 14.9. The van der Waals surface area contributed by atoms with E-state index >= 15 is 0 Å². The van der Waals surface area contributed by atoms with Gasteiger partial charge in [-0.1, -0.05) is 12.1 Å². The van der Waals surface area contributed by atoms with E-state index in [0.29, 0.717) is 52.6 Å². The third-order valence-corrected chi connectivity index (χ3v) is 9.53. The normalized spacial score (nSPS) is 14.0. The number of benzene rings is 2. The number of carbonyl (C=O) groups is 2. The average molecular weight is 746 g/mol. The van der Waals surface area contributed by atoms with Gasteiger partial charge in [-0.25, -0.2) is 0 Å². The second-order valence-corrected chi connectivity index (χ2v) is 13.3. The Hall–Kier alpha value is -4.86. The van der Waals surface area contributed by atoms with E-state index in [2.05, 4.69) is 36.1 Å². The van der Waals surface area contributed by atoms with Crippen molar-refractivity contribution in [1.82, 2.24) is 37.8 Å². The van der Waals surface area contributed by atoms with Crippen LogP contribution in [0.5, 0.6) is 0 Å². The third-order valence-electron chi connectivity index (χ3n) is 8.89. The van der Waals surface area contributed by atoms with Crippen molar-refractivity contribution < 1.29 is 19.8 Å². The van der Waals surface area contributed by atoms with Crippen LogP contribution < -0.4 is 11.2 Å². The summed E-state index contributed by atoms with van der Waals surface area (Å²) in [6.45, 7) is 10.3. The van der Waals surface area contributed by atoms with E-state index in [0.717, 1.165) is 26.6 Å². The fourth-order valence-electron chi connectivity index (χ4n) is 6.41. The number of fused-ring (bicyclic) bond motifs is 2. The van der Waals surface area contributed by atoms with Crippen LogP contribution in [-0.2, 0) is 40.3 Å². The molecule has 15 heteroatoms. The number of aliphatic hydroxyl groups excluding tert-OH is 2. The zero-order chi connectivity index (χ0) is 36.0. The van der Waals surface area contributed by atoms with Crippen molar-refractivity contribution in [3.63, 3.8) is 0 Å². The van der Waals surface area contributed by atoms with E-state index in [4.69, 9.17) is 0 Å². The van der Waals surface area contributed by atoms with Crippen LogP contribution in [-0.4, -0.2) is 72.1 Å². The Morgan fingerprint density at radius 2 is 1.26 bits per heavy atom. The molecule has 2 atom stereocenters. The number of carbonyl (C=O) groups excluding carboxylic acids is 2. The number of para-hydroxylation sites is 1. The summed E-state index contributed by atoms with van der Waals surface area (Å²) in [7, 11) is 3.61. The molecule has 0 spiro atoms. The molecule has 2 aromatic carbocycles. The van der Waals surface area contributed by atoms with E-state index in [1.54, 1.807) is 46.8 Å². The van der Waals surface area contributed by atoms with E-state index in [-0.39, 0.29) is 13.1 Å². The van der Waals surface area contributed by atoms with Crippen LogP contribution in [0, 0.1) is 20.8 Å². The molecule has 0 aliphatic heterocycles. The van der Waals surface area contributed by atoms with Gasteiger partial charge in [0.1, 0.15) is 11.4 Å². The highest BCUT2D eigenvalue weighted by Crippen LogP contribution is 2.24. The van der Waals surface area contributed by atoms with Gasteiger partial charge in [-0.3, -0.25) is 19.0 Å². The van der Waals surface area contributed by atoms with Gasteiger partial charge in [0.2, 0.25) is 11.2 Å². The maximum atomic E-state index is 13.5. The zero-order valence-electron chi connectivity index (χ0n) is 29.2. The standard InChI is InChI=1S/C35H41BrN10O4/c1-8-45-27(16-21(4)39-45)32(49)37-34-42(7)26-15-20(3)13-14-24(26)43(34)18-29(47)30(48)19-44-31-23(36)11-10-12-25(31)41(6)35(44)38-33(50)28-17-22(5)40-46(28)9-2/h10-17,29-30,47-48H,8-9,18-19H2,1-7H3/b37-34+,38-35+. The predicted molar refractivity (Wildman–Crippen MR) is 191 cm³/mol. The Morgan fingerprint density at radius 3 is 1.82 bits per heavy atom. The van der Waals surface area contributed by atoms with Crippen molar-refractivity contribution in [3.05, 3.63) is 92.6 Å². The van der Waals surface area contributed by atoms with Gasteiger partial charge in [-0.05, 0) is 92.5 Å². The molecule has 14 nitrogen and oxygen atoms in total. The molecular weight excluding hydrogens is 704 g/mol. The highest BCUT2D eigenvalue weighted by atomic mass is 79.9. The van der Waals surface area contributed by atoms with Crippen LogP contribution in [0.15, 0.2) is 63.0 Å². The van der Waals surface area contributed by atoms with Gasteiger partial charge in [-0.2, -0.15) is 20.2 Å². The first kappa shape index (κ1) is 35.0. The Morgan fingerprint density at radius 1 is 0.740 bits per heavy atom. The van der Waals surface area contributed by atoms with Crippen molar-refractivity contribution in [3.8, 4) is 0 Å². The van der Waals surface area contributed by atoms with E-state index < -0.39 is 24.0 Å². The lowest BCUT2D eigenvalue weighted by molar-refractivity contribution is -0.000166. The monoisotopic (exact) mass is 744 g/mol. The number of hydrogen-bond donors (Lipinski definition) is 2. The molecule has 4 heterocycles. The van der Waals surface area contributed by atoms with Crippen LogP contribution >= 0.6 is 15.9 Å². The summed E-state index contributed by atoms with van der Waals surface area (Å²) in [5.74, 6) is -0.944. The summed E-state index contributed by atoms with van der Waals surface area (Å²) < 4.78 is 11.0. The molecule has 0 aliphatic rings. The van der Waals surface area contributed by atoms with Crippen molar-refractivity contribution in [2.75, 3.05) is 0 Å². The summed E-state index contributed by atoms with van der Waals surface area (Å²) in [5.41, 5.74) is 6.77. The Labute approximate surface area is 296 Å². The van der Waals surface area contributed by atoms with Gasteiger partial charge in [0, 0.05) is 31.7 Å². The molecule has 0 bridgehead atoms. The SMILES string of the molecule is CCn1nc(C)cc1C(=O)/N=c1\n(C)c2cc(C)ccc2n1CC(O)C(O)Cn1/c(=N/C(=O)c2cc(C)nn2CC)n(C)c2cccc(Br)c21. The second kappa shape index (κ2) is 13.8. The van der Waals surface area contributed by atoms with Crippen LogP contribution in [0.25, 0.3) is 22.1 Å². The van der Waals surface area contributed by atoms with Crippen molar-refractivity contribution in [1.29, 1.82) is 0 Å². The maximum Gasteiger partial charge on any atom is 0.298 e. The van der Waals surface area contributed by atoms with Gasteiger partial charge < -0.3 is 28.5 Å². The van der Waals surface area contributed by atoms with E-state index in [1.165, 1.54) is 0 Å². The first-order valence-corrected chi connectivity index (χ1v) is 17.2. The lowest BCUT2D eigenvalue weighted by Gasteiger charge is -2.20. The van der Waals surface area contributed by atoms with Crippen LogP contribution in [0.2, 0.25) is 0 Å². The molecule has 0 aliphatic carbocycles. The number of halogens is 1. The summed E-state index contributed by atoms with van der Waals surface area (Å²) in [5, 5.41) is 32.0. The molecule has 0 radical (unpaired) electrons. The molecule has 6 aromatic rings. The quantitative estimate of drug-likeness (QED) is 0.232. The minimum atomic E-state index is -1.31. The van der Waals surface area contributed by atoms with Crippen molar-refractivity contribution in [2.45, 2.75) is 73.0 Å². The predicted octanol–water partition coefficient (Wildman–Crippen LogP) is 3.30. The lowest BCUT2D eigenvalue weighted by atomic mass is 10.2. The maximum absolute atomic E-state index is 13.5. The number of imidazole rings is 2. The summed E-state index contributed by atoms with van der Waals surface area (Å²) in [4.78, 5) is 36.1. The molecular formula is C35H41BrN10O4. The number of rotatable bonds is 9. The Kier molecular flexibility index (Phi) is 9.66. The highest BCUT2D eigenvalue weighted by Gasteiger charge is 2.25. The minimum absolute atomic E-state index is 0.0768. The fraction of sp³-hybridized carbons (Fsp3) is 0.371. The molecule has 0 saturated carbocycles. The fourth-order valence-corrected chi connectivity index (χ4v) is 6.98. The third kappa shape index (κ3) is 6.32.